The summed E-state index contributed by atoms with van der Waals surface area (Å²) in [5.41, 5.74) is 0. The Morgan fingerprint density at radius 3 is 2.56 bits per heavy atom. The first-order chi connectivity index (χ1) is 7.77. The number of likely N-dealkylation sites (tertiary alicyclic amines) is 1. The van der Waals surface area contributed by atoms with Crippen molar-refractivity contribution in [3.63, 3.8) is 0 Å². The zero-order valence-electron chi connectivity index (χ0n) is 10.9. The van der Waals surface area contributed by atoms with Crippen molar-refractivity contribution < 1.29 is 0 Å². The van der Waals surface area contributed by atoms with E-state index in [4.69, 9.17) is 0 Å². The average Bonchev–Trinajstić information content (AvgIpc) is 2.76. The van der Waals surface area contributed by atoms with E-state index >= 15 is 0 Å². The van der Waals surface area contributed by atoms with Crippen LogP contribution in [0.4, 0.5) is 0 Å². The fourth-order valence-electron chi connectivity index (χ4n) is 3.09. The van der Waals surface area contributed by atoms with Gasteiger partial charge in [-0.15, -0.1) is 0 Å². The molecule has 0 amide bonds. The Balaban J connectivity index is 1.71. The van der Waals surface area contributed by atoms with E-state index < -0.39 is 0 Å². The van der Waals surface area contributed by atoms with Gasteiger partial charge in [-0.05, 0) is 25.3 Å². The van der Waals surface area contributed by atoms with Crippen LogP contribution >= 0.6 is 0 Å². The van der Waals surface area contributed by atoms with Crippen molar-refractivity contribution in [3.05, 3.63) is 0 Å². The van der Waals surface area contributed by atoms with Gasteiger partial charge in [0, 0.05) is 45.3 Å². The van der Waals surface area contributed by atoms with Crippen molar-refractivity contribution in [2.45, 2.75) is 32.7 Å². The summed E-state index contributed by atoms with van der Waals surface area (Å²) in [7, 11) is 0. The van der Waals surface area contributed by atoms with Crippen LogP contribution in [0.1, 0.15) is 26.7 Å². The largest absolute Gasteiger partial charge is 0.314 e. The first-order valence-electron chi connectivity index (χ1n) is 6.94. The highest BCUT2D eigenvalue weighted by Crippen LogP contribution is 2.23. The minimum Gasteiger partial charge on any atom is -0.314 e. The number of rotatable bonds is 4. The highest BCUT2D eigenvalue weighted by Gasteiger charge is 2.26. The van der Waals surface area contributed by atoms with Crippen LogP contribution in [-0.2, 0) is 0 Å². The SMILES string of the molecule is CC(C)C1CCCN1CCN1CCNCC1. The lowest BCUT2D eigenvalue weighted by Gasteiger charge is -2.32. The molecule has 0 aromatic rings. The normalized spacial score (nSPS) is 29.1. The number of hydrogen-bond donors (Lipinski definition) is 1. The third kappa shape index (κ3) is 3.19. The van der Waals surface area contributed by atoms with Crippen molar-refractivity contribution in [2.24, 2.45) is 5.92 Å². The van der Waals surface area contributed by atoms with Crippen molar-refractivity contribution in [2.75, 3.05) is 45.8 Å². The molecular weight excluding hydrogens is 198 g/mol. The standard InChI is InChI=1S/C13H27N3/c1-12(2)13-4-3-7-16(13)11-10-15-8-5-14-6-9-15/h12-14H,3-11H2,1-2H3. The Hall–Kier alpha value is -0.120. The molecule has 2 saturated heterocycles. The second-order valence-electron chi connectivity index (χ2n) is 5.58. The van der Waals surface area contributed by atoms with Gasteiger partial charge in [0.1, 0.15) is 0 Å². The minimum atomic E-state index is 0.825. The van der Waals surface area contributed by atoms with Gasteiger partial charge in [0.15, 0.2) is 0 Å². The molecule has 0 spiro atoms. The maximum Gasteiger partial charge on any atom is 0.0119 e. The van der Waals surface area contributed by atoms with E-state index in [-0.39, 0.29) is 0 Å². The summed E-state index contributed by atoms with van der Waals surface area (Å²) in [6.07, 6.45) is 2.82. The van der Waals surface area contributed by atoms with Gasteiger partial charge in [-0.1, -0.05) is 13.8 Å². The van der Waals surface area contributed by atoms with Crippen LogP contribution in [0.2, 0.25) is 0 Å². The van der Waals surface area contributed by atoms with Crippen LogP contribution < -0.4 is 5.32 Å². The van der Waals surface area contributed by atoms with Crippen molar-refractivity contribution in [3.8, 4) is 0 Å². The maximum absolute atomic E-state index is 3.41. The van der Waals surface area contributed by atoms with Crippen LogP contribution in [0.25, 0.3) is 0 Å². The first-order valence-corrected chi connectivity index (χ1v) is 6.94. The predicted octanol–water partition coefficient (Wildman–Crippen LogP) is 1.01. The second-order valence-corrected chi connectivity index (χ2v) is 5.58. The third-order valence-corrected chi connectivity index (χ3v) is 4.10. The minimum absolute atomic E-state index is 0.825. The molecule has 0 aromatic heterocycles. The molecule has 2 heterocycles. The van der Waals surface area contributed by atoms with Crippen LogP contribution in [0.5, 0.6) is 0 Å². The molecule has 16 heavy (non-hydrogen) atoms. The van der Waals surface area contributed by atoms with E-state index in [9.17, 15) is 0 Å². The fourth-order valence-corrected chi connectivity index (χ4v) is 3.09. The Morgan fingerprint density at radius 1 is 1.12 bits per heavy atom. The molecule has 0 saturated carbocycles. The summed E-state index contributed by atoms with van der Waals surface area (Å²) in [4.78, 5) is 5.32. The van der Waals surface area contributed by atoms with Gasteiger partial charge < -0.3 is 5.32 Å². The van der Waals surface area contributed by atoms with Crippen LogP contribution in [-0.4, -0.2) is 61.7 Å². The zero-order valence-corrected chi connectivity index (χ0v) is 10.9. The lowest BCUT2D eigenvalue weighted by molar-refractivity contribution is 0.160. The molecular formula is C13H27N3. The van der Waals surface area contributed by atoms with Crippen LogP contribution in [0.15, 0.2) is 0 Å². The molecule has 2 aliphatic heterocycles. The van der Waals surface area contributed by atoms with Gasteiger partial charge in [0.05, 0.1) is 0 Å². The highest BCUT2D eigenvalue weighted by atomic mass is 15.2. The molecule has 1 atom stereocenters. The zero-order chi connectivity index (χ0) is 11.4. The van der Waals surface area contributed by atoms with Crippen LogP contribution in [0, 0.1) is 5.92 Å². The smallest absolute Gasteiger partial charge is 0.0119 e. The van der Waals surface area contributed by atoms with Gasteiger partial charge >= 0.3 is 0 Å². The summed E-state index contributed by atoms with van der Waals surface area (Å²) >= 11 is 0. The van der Waals surface area contributed by atoms with E-state index in [1.54, 1.807) is 0 Å². The number of hydrogen-bond acceptors (Lipinski definition) is 3. The lowest BCUT2D eigenvalue weighted by atomic mass is 10.0. The molecule has 94 valence electrons. The van der Waals surface area contributed by atoms with Gasteiger partial charge in [-0.2, -0.15) is 0 Å². The molecule has 1 N–H and O–H groups in total. The molecule has 0 aromatic carbocycles. The molecule has 3 heteroatoms. The van der Waals surface area contributed by atoms with Gasteiger partial charge in [0.25, 0.3) is 0 Å². The van der Waals surface area contributed by atoms with Gasteiger partial charge in [0.2, 0.25) is 0 Å². The Labute approximate surface area is 100 Å². The molecule has 2 aliphatic rings. The van der Waals surface area contributed by atoms with Gasteiger partial charge in [-0.3, -0.25) is 9.80 Å². The van der Waals surface area contributed by atoms with E-state index in [0.717, 1.165) is 12.0 Å². The van der Waals surface area contributed by atoms with Crippen molar-refractivity contribution in [1.82, 2.24) is 15.1 Å². The topological polar surface area (TPSA) is 18.5 Å². The molecule has 0 radical (unpaired) electrons. The molecule has 0 bridgehead atoms. The number of nitrogens with zero attached hydrogens (tertiary/aromatic N) is 2. The second kappa shape index (κ2) is 5.99. The van der Waals surface area contributed by atoms with E-state index in [0.29, 0.717) is 0 Å². The van der Waals surface area contributed by atoms with E-state index in [1.165, 1.54) is 58.7 Å². The Kier molecular flexibility index (Phi) is 4.62. The highest BCUT2D eigenvalue weighted by molar-refractivity contribution is 4.82. The molecule has 0 aliphatic carbocycles. The van der Waals surface area contributed by atoms with Crippen LogP contribution in [0.3, 0.4) is 0 Å². The summed E-state index contributed by atoms with van der Waals surface area (Å²) in [5, 5.41) is 3.41. The number of nitrogens with one attached hydrogen (secondary N) is 1. The van der Waals surface area contributed by atoms with Crippen molar-refractivity contribution >= 4 is 0 Å². The Morgan fingerprint density at radius 2 is 1.88 bits per heavy atom. The summed E-state index contributed by atoms with van der Waals surface area (Å²) in [6, 6.07) is 0.850. The average molecular weight is 225 g/mol. The molecule has 2 rings (SSSR count). The molecule has 2 fully saturated rings. The number of piperazine rings is 1. The fraction of sp³-hybridized carbons (Fsp3) is 1.00. The summed E-state index contributed by atoms with van der Waals surface area (Å²) in [6.45, 7) is 13.4. The molecule has 1 unspecified atom stereocenters. The van der Waals surface area contributed by atoms with E-state index in [1.807, 2.05) is 0 Å². The Bertz CT molecular complexity index is 199. The first kappa shape index (κ1) is 12.3. The predicted molar refractivity (Wildman–Crippen MR) is 68.7 cm³/mol. The van der Waals surface area contributed by atoms with Crippen molar-refractivity contribution in [1.29, 1.82) is 0 Å². The lowest BCUT2D eigenvalue weighted by Crippen LogP contribution is -2.47. The third-order valence-electron chi connectivity index (χ3n) is 4.10. The molecule has 3 nitrogen and oxygen atoms in total. The maximum atomic E-state index is 3.41. The summed E-state index contributed by atoms with van der Waals surface area (Å²) in [5.74, 6) is 0.825. The quantitative estimate of drug-likeness (QED) is 0.770. The van der Waals surface area contributed by atoms with E-state index in [2.05, 4.69) is 29.0 Å². The van der Waals surface area contributed by atoms with Gasteiger partial charge in [-0.25, -0.2) is 0 Å². The monoisotopic (exact) mass is 225 g/mol. The summed E-state index contributed by atoms with van der Waals surface area (Å²) < 4.78 is 0.